The molecule has 2 atom stereocenters. The number of nitrogens with zero attached hydrogens (tertiary/aromatic N) is 5. The van der Waals surface area contributed by atoms with Crippen molar-refractivity contribution >= 4 is 17.4 Å². The van der Waals surface area contributed by atoms with E-state index in [-0.39, 0.29) is 23.0 Å². The van der Waals surface area contributed by atoms with E-state index in [2.05, 4.69) is 28.5 Å². The molecule has 5 heterocycles. The minimum Gasteiger partial charge on any atom is -0.489 e. The number of rotatable bonds is 6. The summed E-state index contributed by atoms with van der Waals surface area (Å²) in [6, 6.07) is 7.46. The average molecular weight is 499 g/mol. The zero-order valence-electron chi connectivity index (χ0n) is 21.1. The zero-order valence-corrected chi connectivity index (χ0v) is 21.1. The molecule has 1 amide bonds. The first-order valence-electron chi connectivity index (χ1n) is 13.0. The average Bonchev–Trinajstić information content (AvgIpc) is 3.63. The lowest BCUT2D eigenvalue weighted by atomic mass is 9.84. The van der Waals surface area contributed by atoms with Gasteiger partial charge in [-0.2, -0.15) is 5.10 Å². The lowest BCUT2D eigenvalue weighted by Gasteiger charge is -2.27. The molecule has 190 valence electrons. The Balaban J connectivity index is 1.22. The number of carbonyl (C=O) groups is 1. The number of carbonyl (C=O) groups excluding carboxylic acids is 1. The molecule has 37 heavy (non-hydrogen) atoms. The maximum Gasteiger partial charge on any atom is 0.262 e. The van der Waals surface area contributed by atoms with Crippen LogP contribution in [0, 0.1) is 0 Å². The minimum absolute atomic E-state index is 0.0449. The molecule has 2 bridgehead atoms. The highest BCUT2D eigenvalue weighted by Gasteiger charge is 2.55. The standard InChI is InChI=1S/C28H30N6O3/c1-27-9-10-28(16-27,17-36-27)23-15-34-14-20(22(11-25(34)31-23)37-19-5-3-6-19)26(35)32-24-8-4-7-21(30-24)18-12-29-33(2)13-18/h4,7-8,11-15,19H,3,5-6,9-10,16-17H2,1-2H3,(H,30,32,35). The molecule has 2 saturated carbocycles. The first-order valence-corrected chi connectivity index (χ1v) is 13.0. The first kappa shape index (κ1) is 22.5. The molecule has 3 fully saturated rings. The Kier molecular flexibility index (Phi) is 4.95. The lowest BCUT2D eigenvalue weighted by Crippen LogP contribution is -2.26. The smallest absolute Gasteiger partial charge is 0.262 e. The van der Waals surface area contributed by atoms with Crippen molar-refractivity contribution < 1.29 is 14.3 Å². The highest BCUT2D eigenvalue weighted by atomic mass is 16.5. The molecule has 0 radical (unpaired) electrons. The second kappa shape index (κ2) is 8.14. The fraction of sp³-hybridized carbons (Fsp3) is 0.429. The lowest BCUT2D eigenvalue weighted by molar-refractivity contribution is -0.00627. The third-order valence-corrected chi connectivity index (χ3v) is 8.22. The molecule has 2 aliphatic carbocycles. The van der Waals surface area contributed by atoms with E-state index in [0.29, 0.717) is 23.7 Å². The Labute approximate surface area is 214 Å². The fourth-order valence-electron chi connectivity index (χ4n) is 5.86. The number of anilines is 1. The molecular weight excluding hydrogens is 468 g/mol. The Hall–Kier alpha value is -3.72. The van der Waals surface area contributed by atoms with Gasteiger partial charge in [-0.1, -0.05) is 6.07 Å². The molecule has 9 nitrogen and oxygen atoms in total. The van der Waals surface area contributed by atoms with Crippen molar-refractivity contribution in [2.75, 3.05) is 11.9 Å². The highest BCUT2D eigenvalue weighted by Crippen LogP contribution is 2.53. The number of amides is 1. The van der Waals surface area contributed by atoms with Crippen LogP contribution in [-0.2, 0) is 17.2 Å². The number of ether oxygens (including phenoxy) is 2. The van der Waals surface area contributed by atoms with E-state index in [1.165, 1.54) is 0 Å². The van der Waals surface area contributed by atoms with Crippen molar-refractivity contribution in [1.82, 2.24) is 24.1 Å². The number of fused-ring (bicyclic) bond motifs is 3. The van der Waals surface area contributed by atoms with Crippen LogP contribution >= 0.6 is 0 Å². The molecule has 7 rings (SSSR count). The summed E-state index contributed by atoms with van der Waals surface area (Å²) in [4.78, 5) is 23.2. The van der Waals surface area contributed by atoms with Crippen molar-refractivity contribution in [2.24, 2.45) is 7.05 Å². The summed E-state index contributed by atoms with van der Waals surface area (Å²) in [7, 11) is 1.86. The van der Waals surface area contributed by atoms with Crippen LogP contribution in [0.15, 0.2) is 49.1 Å². The van der Waals surface area contributed by atoms with Crippen molar-refractivity contribution in [3.8, 4) is 17.0 Å². The first-order chi connectivity index (χ1) is 17.9. The molecule has 0 aromatic carbocycles. The summed E-state index contributed by atoms with van der Waals surface area (Å²) < 4.78 is 16.1. The summed E-state index contributed by atoms with van der Waals surface area (Å²) in [5.74, 6) is 0.768. The highest BCUT2D eigenvalue weighted by molar-refractivity contribution is 6.06. The molecule has 3 aliphatic rings. The number of aryl methyl sites for hydroxylation is 1. The van der Waals surface area contributed by atoms with E-state index < -0.39 is 0 Å². The maximum absolute atomic E-state index is 13.5. The van der Waals surface area contributed by atoms with Gasteiger partial charge in [0.2, 0.25) is 0 Å². The second-order valence-electron chi connectivity index (χ2n) is 11.1. The van der Waals surface area contributed by atoms with Gasteiger partial charge in [0, 0.05) is 42.7 Å². The van der Waals surface area contributed by atoms with Crippen LogP contribution in [0.25, 0.3) is 16.9 Å². The molecule has 1 saturated heterocycles. The van der Waals surface area contributed by atoms with Crippen LogP contribution in [0.3, 0.4) is 0 Å². The summed E-state index contributed by atoms with van der Waals surface area (Å²) in [5, 5.41) is 7.19. The van der Waals surface area contributed by atoms with E-state index in [4.69, 9.17) is 14.5 Å². The predicted molar refractivity (Wildman–Crippen MR) is 138 cm³/mol. The Morgan fingerprint density at radius 3 is 2.76 bits per heavy atom. The van der Waals surface area contributed by atoms with Gasteiger partial charge in [-0.3, -0.25) is 9.48 Å². The van der Waals surface area contributed by atoms with Gasteiger partial charge in [0.25, 0.3) is 5.91 Å². The zero-order chi connectivity index (χ0) is 25.2. The maximum atomic E-state index is 13.5. The van der Waals surface area contributed by atoms with E-state index >= 15 is 0 Å². The monoisotopic (exact) mass is 498 g/mol. The van der Waals surface area contributed by atoms with E-state index in [9.17, 15) is 4.79 Å². The van der Waals surface area contributed by atoms with Crippen molar-refractivity contribution in [1.29, 1.82) is 0 Å². The van der Waals surface area contributed by atoms with Crippen LogP contribution in [-0.4, -0.2) is 48.4 Å². The van der Waals surface area contributed by atoms with Crippen molar-refractivity contribution in [3.63, 3.8) is 0 Å². The van der Waals surface area contributed by atoms with Gasteiger partial charge in [-0.25, -0.2) is 9.97 Å². The molecule has 2 unspecified atom stereocenters. The van der Waals surface area contributed by atoms with E-state index in [1.807, 2.05) is 42.0 Å². The van der Waals surface area contributed by atoms with Gasteiger partial charge in [0.1, 0.15) is 17.2 Å². The number of hydrogen-bond donors (Lipinski definition) is 1. The Morgan fingerprint density at radius 2 is 2.08 bits per heavy atom. The predicted octanol–water partition coefficient (Wildman–Crippen LogP) is 4.52. The van der Waals surface area contributed by atoms with E-state index in [0.717, 1.165) is 61.1 Å². The topological polar surface area (TPSA) is 95.6 Å². The Morgan fingerprint density at radius 1 is 1.19 bits per heavy atom. The van der Waals surface area contributed by atoms with Gasteiger partial charge in [-0.05, 0) is 57.6 Å². The van der Waals surface area contributed by atoms with Crippen LogP contribution in [0.1, 0.15) is 61.5 Å². The molecule has 9 heteroatoms. The van der Waals surface area contributed by atoms with Crippen LogP contribution < -0.4 is 10.1 Å². The third kappa shape index (κ3) is 3.89. The molecule has 4 aromatic rings. The Bertz CT molecular complexity index is 1510. The van der Waals surface area contributed by atoms with Crippen LogP contribution in [0.4, 0.5) is 5.82 Å². The van der Waals surface area contributed by atoms with Crippen molar-refractivity contribution in [3.05, 3.63) is 60.3 Å². The van der Waals surface area contributed by atoms with Gasteiger partial charge >= 0.3 is 0 Å². The quantitative estimate of drug-likeness (QED) is 0.420. The summed E-state index contributed by atoms with van der Waals surface area (Å²) in [6.45, 7) is 2.90. The fourth-order valence-corrected chi connectivity index (χ4v) is 5.86. The van der Waals surface area contributed by atoms with Gasteiger partial charge in [0.15, 0.2) is 0 Å². The molecule has 1 aliphatic heterocycles. The molecule has 1 N–H and O–H groups in total. The number of nitrogens with one attached hydrogen (secondary N) is 1. The van der Waals surface area contributed by atoms with Gasteiger partial charge in [-0.15, -0.1) is 0 Å². The third-order valence-electron chi connectivity index (χ3n) is 8.22. The van der Waals surface area contributed by atoms with E-state index in [1.54, 1.807) is 16.9 Å². The van der Waals surface area contributed by atoms with Crippen LogP contribution in [0.5, 0.6) is 5.75 Å². The minimum atomic E-state index is -0.266. The van der Waals surface area contributed by atoms with Crippen LogP contribution in [0.2, 0.25) is 0 Å². The largest absolute Gasteiger partial charge is 0.489 e. The number of pyridine rings is 2. The summed E-state index contributed by atoms with van der Waals surface area (Å²) in [6.07, 6.45) is 13.9. The number of hydrogen-bond acceptors (Lipinski definition) is 6. The molecule has 4 aromatic heterocycles. The number of imidazole rings is 1. The molecular formula is C28H30N6O3. The van der Waals surface area contributed by atoms with Gasteiger partial charge < -0.3 is 19.2 Å². The SMILES string of the molecule is Cn1cc(-c2cccc(NC(=O)c3cn4cc(C56CCC(C)(C5)OC6)nc4cc3OC3CCC3)n2)cn1. The van der Waals surface area contributed by atoms with Gasteiger partial charge in [0.05, 0.1) is 41.5 Å². The number of aromatic nitrogens is 5. The normalized spacial score (nSPS) is 24.9. The molecule has 0 spiro atoms. The second-order valence-corrected chi connectivity index (χ2v) is 11.1. The summed E-state index contributed by atoms with van der Waals surface area (Å²) in [5.41, 5.74) is 3.82. The van der Waals surface area contributed by atoms with Crippen molar-refractivity contribution in [2.45, 2.75) is 62.6 Å². The summed E-state index contributed by atoms with van der Waals surface area (Å²) >= 11 is 0.